The predicted molar refractivity (Wildman–Crippen MR) is 69.7 cm³/mol. The molecular weight excluding hydrogens is 286 g/mol. The van der Waals surface area contributed by atoms with Crippen LogP contribution in [0.3, 0.4) is 0 Å². The van der Waals surface area contributed by atoms with Crippen LogP contribution in [0, 0.1) is 11.3 Å². The molecule has 0 atom stereocenters. The lowest BCUT2D eigenvalue weighted by Crippen LogP contribution is -1.93. The molecule has 1 aromatic heterocycles. The molecule has 1 heterocycles. The van der Waals surface area contributed by atoms with Crippen molar-refractivity contribution in [2.75, 3.05) is 5.32 Å². The van der Waals surface area contributed by atoms with Gasteiger partial charge in [0.25, 0.3) is 5.76 Å². The number of hydrogen-bond donors (Lipinski definition) is 2. The van der Waals surface area contributed by atoms with E-state index in [1.165, 1.54) is 6.20 Å². The molecule has 0 aliphatic rings. The molecule has 0 saturated heterocycles. The van der Waals surface area contributed by atoms with Gasteiger partial charge in [0.05, 0.1) is 0 Å². The van der Waals surface area contributed by atoms with Gasteiger partial charge in [0.15, 0.2) is 0 Å². The number of hydrogen-bond acceptors (Lipinski definition) is 6. The Balaban J connectivity index is 2.12. The van der Waals surface area contributed by atoms with Crippen LogP contribution in [-0.2, 0) is 0 Å². The third-order valence-corrected chi connectivity index (χ3v) is 2.85. The summed E-state index contributed by atoms with van der Waals surface area (Å²) >= 11 is 0.452. The number of H-pyrrole nitrogens is 1. The van der Waals surface area contributed by atoms with Gasteiger partial charge in [-0.25, -0.2) is 0 Å². The Morgan fingerprint density at radius 2 is 2.35 bits per heavy atom. The molecule has 2 N–H and O–H groups in total. The minimum Gasteiger partial charge on any atom is -0.360 e. The van der Waals surface area contributed by atoms with Crippen LogP contribution < -0.4 is 5.32 Å². The van der Waals surface area contributed by atoms with Crippen LogP contribution in [0.4, 0.5) is 14.5 Å². The van der Waals surface area contributed by atoms with E-state index in [1.54, 1.807) is 24.3 Å². The first-order valence-electron chi connectivity index (χ1n) is 5.34. The Hall–Kier alpha value is -2.47. The second-order valence-electron chi connectivity index (χ2n) is 3.46. The van der Waals surface area contributed by atoms with E-state index >= 15 is 0 Å². The number of nitriles is 1. The van der Waals surface area contributed by atoms with Gasteiger partial charge < -0.3 is 5.32 Å². The van der Waals surface area contributed by atoms with Gasteiger partial charge in [-0.05, 0) is 23.4 Å². The number of benzene rings is 1. The summed E-state index contributed by atoms with van der Waals surface area (Å²) in [5, 5.41) is 24.7. The number of aromatic amines is 1. The Morgan fingerprint density at radius 3 is 3.00 bits per heavy atom. The van der Waals surface area contributed by atoms with Crippen molar-refractivity contribution in [2.24, 2.45) is 0 Å². The normalized spacial score (nSPS) is 11.4. The Labute approximate surface area is 116 Å². The van der Waals surface area contributed by atoms with Crippen molar-refractivity contribution < 1.29 is 8.78 Å². The van der Waals surface area contributed by atoms with Crippen molar-refractivity contribution in [3.8, 4) is 6.07 Å². The number of anilines is 1. The maximum absolute atomic E-state index is 12.3. The molecule has 102 valence electrons. The van der Waals surface area contributed by atoms with Crippen molar-refractivity contribution in [3.05, 3.63) is 36.3 Å². The van der Waals surface area contributed by atoms with Gasteiger partial charge in [-0.1, -0.05) is 17.8 Å². The van der Waals surface area contributed by atoms with E-state index < -0.39 is 5.76 Å². The molecule has 0 bridgehead atoms. The van der Waals surface area contributed by atoms with Gasteiger partial charge in [-0.3, -0.25) is 0 Å². The summed E-state index contributed by atoms with van der Waals surface area (Å²) in [4.78, 5) is 0.427. The highest BCUT2D eigenvalue weighted by Gasteiger charge is 2.07. The highest BCUT2D eigenvalue weighted by Crippen LogP contribution is 2.27. The quantitative estimate of drug-likeness (QED) is 0.650. The molecule has 0 aliphatic heterocycles. The fourth-order valence-corrected chi connectivity index (χ4v) is 1.90. The fourth-order valence-electron chi connectivity index (χ4n) is 1.34. The lowest BCUT2D eigenvalue weighted by molar-refractivity contribution is 0.252. The monoisotopic (exact) mass is 294 g/mol. The highest BCUT2D eigenvalue weighted by atomic mass is 32.2. The Morgan fingerprint density at radius 1 is 1.50 bits per heavy atom. The smallest absolute Gasteiger partial charge is 0.288 e. The van der Waals surface area contributed by atoms with Crippen LogP contribution in [0.25, 0.3) is 5.57 Å². The van der Waals surface area contributed by atoms with Gasteiger partial charge in [-0.15, -0.1) is 10.2 Å². The predicted octanol–water partition coefficient (Wildman–Crippen LogP) is 2.49. The van der Waals surface area contributed by atoms with Crippen LogP contribution in [-0.4, -0.2) is 26.4 Å². The molecule has 20 heavy (non-hydrogen) atoms. The molecule has 0 amide bonds. The van der Waals surface area contributed by atoms with E-state index in [-0.39, 0.29) is 11.4 Å². The molecule has 0 fully saturated rings. The maximum atomic E-state index is 12.3. The van der Waals surface area contributed by atoms with Gasteiger partial charge in [0.2, 0.25) is 5.82 Å². The summed E-state index contributed by atoms with van der Waals surface area (Å²) in [5.41, 5.74) is 0.748. The van der Waals surface area contributed by atoms with Gasteiger partial charge >= 0.3 is 0 Å². The second-order valence-corrected chi connectivity index (χ2v) is 4.52. The molecule has 0 radical (unpaired) electrons. The summed E-state index contributed by atoms with van der Waals surface area (Å²) in [6.07, 6.45) is 1.39. The van der Waals surface area contributed by atoms with Gasteiger partial charge in [0, 0.05) is 16.8 Å². The van der Waals surface area contributed by atoms with Crippen molar-refractivity contribution in [3.63, 3.8) is 0 Å². The number of nitrogens with one attached hydrogen (secondary N) is 2. The molecule has 6 nitrogen and oxygen atoms in total. The van der Waals surface area contributed by atoms with Crippen LogP contribution in [0.1, 0.15) is 5.82 Å². The van der Waals surface area contributed by atoms with Gasteiger partial charge in [0.1, 0.15) is 11.6 Å². The first-order valence-corrected chi connectivity index (χ1v) is 6.22. The summed E-state index contributed by atoms with van der Waals surface area (Å²) in [7, 11) is 0. The third-order valence-electron chi connectivity index (χ3n) is 2.15. The molecule has 2 aromatic rings. The average molecular weight is 294 g/mol. The SMILES string of the molecule is N#CC(=CNc1cccc(SC(F)F)c1)c1nn[nH]n1. The second kappa shape index (κ2) is 6.63. The van der Waals surface area contributed by atoms with Crippen molar-refractivity contribution in [2.45, 2.75) is 10.7 Å². The van der Waals surface area contributed by atoms with Crippen molar-refractivity contribution >= 4 is 23.0 Å². The zero-order chi connectivity index (χ0) is 14.4. The average Bonchev–Trinajstić information content (AvgIpc) is 2.93. The molecule has 0 aliphatic carbocycles. The number of thioether (sulfide) groups is 1. The molecule has 0 spiro atoms. The minimum atomic E-state index is -2.48. The first kappa shape index (κ1) is 14.0. The van der Waals surface area contributed by atoms with Crippen molar-refractivity contribution in [1.29, 1.82) is 5.26 Å². The van der Waals surface area contributed by atoms with E-state index in [9.17, 15) is 8.78 Å². The topological polar surface area (TPSA) is 90.3 Å². The number of rotatable bonds is 5. The summed E-state index contributed by atoms with van der Waals surface area (Å²) < 4.78 is 24.5. The van der Waals surface area contributed by atoms with Crippen LogP contribution >= 0.6 is 11.8 Å². The number of aromatic nitrogens is 4. The largest absolute Gasteiger partial charge is 0.360 e. The fraction of sp³-hybridized carbons (Fsp3) is 0.0909. The van der Waals surface area contributed by atoms with E-state index in [2.05, 4.69) is 25.9 Å². The number of tetrazole rings is 1. The summed E-state index contributed by atoms with van der Waals surface area (Å²) in [6.45, 7) is 0. The Kier molecular flexibility index (Phi) is 4.62. The molecule has 0 unspecified atom stereocenters. The Bertz CT molecular complexity index is 635. The maximum Gasteiger partial charge on any atom is 0.288 e. The van der Waals surface area contributed by atoms with Crippen LogP contribution in [0.5, 0.6) is 0 Å². The zero-order valence-corrected chi connectivity index (χ0v) is 10.7. The van der Waals surface area contributed by atoms with E-state index in [0.29, 0.717) is 22.3 Å². The third kappa shape index (κ3) is 3.76. The molecule has 1 aromatic carbocycles. The van der Waals surface area contributed by atoms with Gasteiger partial charge in [-0.2, -0.15) is 19.3 Å². The van der Waals surface area contributed by atoms with Crippen LogP contribution in [0.15, 0.2) is 35.4 Å². The summed E-state index contributed by atoms with van der Waals surface area (Å²) in [6, 6.07) is 8.38. The molecule has 2 rings (SSSR count). The van der Waals surface area contributed by atoms with Crippen molar-refractivity contribution in [1.82, 2.24) is 20.6 Å². The van der Waals surface area contributed by atoms with E-state index in [0.717, 1.165) is 0 Å². The minimum absolute atomic E-state index is 0.151. The number of halogens is 2. The van der Waals surface area contributed by atoms with E-state index in [4.69, 9.17) is 5.26 Å². The number of alkyl halides is 2. The molecule has 0 saturated carbocycles. The number of allylic oxidation sites excluding steroid dienone is 1. The van der Waals surface area contributed by atoms with Crippen LogP contribution in [0.2, 0.25) is 0 Å². The highest BCUT2D eigenvalue weighted by molar-refractivity contribution is 7.99. The standard InChI is InChI=1S/C11H8F2N6S/c12-11(13)20-9-3-1-2-8(4-9)15-6-7(5-14)10-16-18-19-17-10/h1-4,6,11,15H,(H,16,17,18,19). The zero-order valence-electron chi connectivity index (χ0n) is 9.92. The molecular formula is C11H8F2N6S. The first-order chi connectivity index (χ1) is 9.69. The lowest BCUT2D eigenvalue weighted by atomic mass is 10.3. The molecule has 9 heteroatoms. The lowest BCUT2D eigenvalue weighted by Gasteiger charge is -2.04. The summed E-state index contributed by atoms with van der Waals surface area (Å²) in [5.74, 6) is -2.33. The number of nitrogens with zero attached hydrogens (tertiary/aromatic N) is 4. The van der Waals surface area contributed by atoms with E-state index in [1.807, 2.05) is 6.07 Å².